The highest BCUT2D eigenvalue weighted by molar-refractivity contribution is 6.00. The number of likely N-dealkylation sites (tertiary alicyclic amines) is 1. The molecule has 41 heteroatoms. The third kappa shape index (κ3) is 39.2. The average molecular weight is 1610 g/mol. The maximum atomic E-state index is 14.4. The first-order valence-electron chi connectivity index (χ1n) is 39.2. The molecular formula is C72H132N20O21. The Morgan fingerprint density at radius 3 is 1.05 bits per heavy atom. The molecule has 41 nitrogen and oxygen atoms in total. The summed E-state index contributed by atoms with van der Waals surface area (Å²) in [4.78, 5) is 220. The molecule has 0 saturated carbocycles. The standard InChI is InChI=1S/C72H132N20O21/c1-39(2)35-43(78)59(99)87-51(36-40(3)4)71(111)92-34-18-24-54(92)68(108)83-44(19-8-13-29-73)60(100)80-47(22-11-16-32-76)65(105)91-58(42(7)95)70(110)85-49(26-28-56(97)98)63(103)89-52(37-93)66(106)82-48(25-27-55(79)96)62(102)81-46(21-10-15-31-75)64(104)90-57(41(5)6)69(109)84-45(20-9-14-30-74)61(101)88-53(38-94)67(107)86-50(72(112)113)23-12-17-33-77/h39-54,57-58,93-95H,8-38,73-78H2,1-7H3,(H2,79,96)(H,80,100)(H,81,102)(H,82,106)(H,83,108)(H,84,109)(H,85,110)(H,86,107)(H,87,99)(H,88,101)(H,89,103)(H,90,104)(H,91,105)(H,97,98)(H,112,113)/t42-,43+,44+,45+,46+,47+,48+,49+,50+,51+,52+,53+,54+,57+,58+/m1/s1. The van der Waals surface area contributed by atoms with Crippen molar-refractivity contribution >= 4 is 94.6 Å². The van der Waals surface area contributed by atoms with Crippen molar-refractivity contribution < 1.29 is 102 Å². The van der Waals surface area contributed by atoms with Gasteiger partial charge in [-0.25, -0.2) is 4.79 Å². The molecule has 0 aromatic heterocycles. The number of aliphatic carboxylic acids is 2. The van der Waals surface area contributed by atoms with Gasteiger partial charge in [-0.05, 0) is 192 Å². The first-order chi connectivity index (χ1) is 53.4. The SMILES string of the molecule is CC(C)C[C@H](NC(=O)[C@@H](N)CC(C)C)C(=O)N1CCC[C@H]1C(=O)N[C@@H](CCCCN)C(=O)N[C@@H](CCCCN)C(=O)N[C@H](C(=O)N[C@@H](CCC(=O)O)C(=O)N[C@@H](CO)C(=O)N[C@@H](CCC(N)=O)C(=O)N[C@@H](CCCCN)C(=O)N[C@H](C(=O)N[C@@H](CCCCN)C(=O)N[C@@H](CO)C(=O)N[C@@H](CCCCN)C(=O)O)C(C)C)[C@@H](C)O. The topological polar surface area (TPSA) is 704 Å². The molecule has 1 fully saturated rings. The smallest absolute Gasteiger partial charge is 0.326 e. The van der Waals surface area contributed by atoms with Crippen molar-refractivity contribution in [3.63, 3.8) is 0 Å². The Bertz CT molecular complexity index is 3060. The predicted molar refractivity (Wildman–Crippen MR) is 413 cm³/mol. The van der Waals surface area contributed by atoms with Crippen molar-refractivity contribution in [1.82, 2.24) is 68.7 Å². The Kier molecular flexibility index (Phi) is 50.3. The van der Waals surface area contributed by atoms with Gasteiger partial charge in [0.25, 0.3) is 0 Å². The van der Waals surface area contributed by atoms with Crippen LogP contribution in [0.1, 0.15) is 196 Å². The third-order valence-corrected chi connectivity index (χ3v) is 18.6. The summed E-state index contributed by atoms with van der Waals surface area (Å²) in [5, 5.41) is 80.7. The van der Waals surface area contributed by atoms with Crippen LogP contribution in [0.2, 0.25) is 0 Å². The molecule has 15 atom stereocenters. The number of carboxylic acids is 2. The fraction of sp³-hybridized carbons (Fsp3) is 0.778. The van der Waals surface area contributed by atoms with E-state index in [0.717, 1.165) is 6.92 Å². The number of rotatable bonds is 60. The summed E-state index contributed by atoms with van der Waals surface area (Å²) in [6, 6.07) is -21.0. The van der Waals surface area contributed by atoms with E-state index in [-0.39, 0.29) is 115 Å². The van der Waals surface area contributed by atoms with Gasteiger partial charge in [-0.1, -0.05) is 41.5 Å². The van der Waals surface area contributed by atoms with Crippen LogP contribution in [0, 0.1) is 17.8 Å². The van der Waals surface area contributed by atoms with E-state index >= 15 is 0 Å². The van der Waals surface area contributed by atoms with Crippen LogP contribution >= 0.6 is 0 Å². The maximum Gasteiger partial charge on any atom is 0.326 e. The molecule has 1 heterocycles. The largest absolute Gasteiger partial charge is 0.481 e. The van der Waals surface area contributed by atoms with Crippen molar-refractivity contribution in [1.29, 1.82) is 0 Å². The summed E-state index contributed by atoms with van der Waals surface area (Å²) in [6.45, 7) is 10.6. The maximum absolute atomic E-state index is 14.4. The molecule has 0 spiro atoms. The van der Waals surface area contributed by atoms with Crippen molar-refractivity contribution in [3.8, 4) is 0 Å². The average Bonchev–Trinajstić information content (AvgIpc) is 1.58. The lowest BCUT2D eigenvalue weighted by atomic mass is 10.00. The van der Waals surface area contributed by atoms with E-state index < -0.39 is 230 Å². The molecule has 1 aliphatic heterocycles. The molecule has 1 aliphatic rings. The number of carboxylic acid groups (broad SMARTS) is 2. The molecule has 0 aliphatic carbocycles. The highest BCUT2D eigenvalue weighted by Crippen LogP contribution is 2.22. The van der Waals surface area contributed by atoms with Crippen LogP contribution < -0.4 is 104 Å². The number of unbranched alkanes of at least 4 members (excludes halogenated alkanes) is 5. The number of nitrogens with two attached hydrogens (primary N) is 7. The van der Waals surface area contributed by atoms with Gasteiger partial charge in [0, 0.05) is 19.4 Å². The zero-order valence-electron chi connectivity index (χ0n) is 66.6. The van der Waals surface area contributed by atoms with Crippen LogP contribution in [0.5, 0.6) is 0 Å². The second kappa shape index (κ2) is 55.6. The fourth-order valence-corrected chi connectivity index (χ4v) is 12.2. The van der Waals surface area contributed by atoms with Crippen LogP contribution in [0.4, 0.5) is 0 Å². The van der Waals surface area contributed by atoms with Crippen molar-refractivity contribution in [2.45, 2.75) is 287 Å². The summed E-state index contributed by atoms with van der Waals surface area (Å²) >= 11 is 0. The van der Waals surface area contributed by atoms with Crippen LogP contribution in [0.3, 0.4) is 0 Å². The minimum Gasteiger partial charge on any atom is -0.481 e. The summed E-state index contributed by atoms with van der Waals surface area (Å²) in [5.74, 6) is -17.2. The van der Waals surface area contributed by atoms with E-state index in [1.807, 2.05) is 27.7 Å². The van der Waals surface area contributed by atoms with Crippen LogP contribution in [0.15, 0.2) is 0 Å². The Hall–Kier alpha value is -8.84. The highest BCUT2D eigenvalue weighted by atomic mass is 16.4. The van der Waals surface area contributed by atoms with Crippen molar-refractivity contribution in [3.05, 3.63) is 0 Å². The van der Waals surface area contributed by atoms with Gasteiger partial charge < -0.3 is 134 Å². The second-order valence-corrected chi connectivity index (χ2v) is 29.7. The second-order valence-electron chi connectivity index (χ2n) is 29.7. The Labute approximate surface area is 660 Å². The van der Waals surface area contributed by atoms with Crippen LogP contribution in [-0.2, 0) is 76.7 Å². The Morgan fingerprint density at radius 1 is 0.381 bits per heavy atom. The minimum absolute atomic E-state index is 0.00249. The molecule has 0 radical (unpaired) electrons. The molecule has 646 valence electrons. The van der Waals surface area contributed by atoms with Gasteiger partial charge in [-0.3, -0.25) is 71.9 Å². The number of carbonyl (C=O) groups excluding carboxylic acids is 14. The summed E-state index contributed by atoms with van der Waals surface area (Å²) < 4.78 is 0. The zero-order chi connectivity index (χ0) is 85.6. The number of amides is 14. The van der Waals surface area contributed by atoms with E-state index in [1.165, 1.54) is 18.7 Å². The van der Waals surface area contributed by atoms with Crippen molar-refractivity contribution in [2.75, 3.05) is 52.5 Å². The van der Waals surface area contributed by atoms with Crippen LogP contribution in [0.25, 0.3) is 0 Å². The van der Waals surface area contributed by atoms with E-state index in [4.69, 9.17) is 40.1 Å². The van der Waals surface area contributed by atoms with Gasteiger partial charge in [0.2, 0.25) is 82.7 Å². The number of aliphatic hydroxyl groups is 3. The highest BCUT2D eigenvalue weighted by Gasteiger charge is 2.42. The summed E-state index contributed by atoms with van der Waals surface area (Å²) in [5.41, 5.74) is 40.2. The molecular weight excluding hydrogens is 1480 g/mol. The predicted octanol–water partition coefficient (Wildman–Crippen LogP) is -6.90. The van der Waals surface area contributed by atoms with Crippen LogP contribution in [-0.4, -0.2) is 268 Å². The molecule has 1 saturated heterocycles. The molecule has 14 amide bonds. The van der Waals surface area contributed by atoms with E-state index in [9.17, 15) is 102 Å². The molecule has 113 heavy (non-hydrogen) atoms. The fourth-order valence-electron chi connectivity index (χ4n) is 12.2. The molecule has 0 bridgehead atoms. The van der Waals surface area contributed by atoms with Gasteiger partial charge in [-0.15, -0.1) is 0 Å². The van der Waals surface area contributed by atoms with Gasteiger partial charge >= 0.3 is 11.9 Å². The Morgan fingerprint density at radius 2 is 0.699 bits per heavy atom. The number of primary amides is 1. The minimum atomic E-state index is -2.03. The van der Waals surface area contributed by atoms with Gasteiger partial charge in [0.15, 0.2) is 0 Å². The van der Waals surface area contributed by atoms with E-state index in [2.05, 4.69) is 63.8 Å². The molecule has 1 rings (SSSR count). The van der Waals surface area contributed by atoms with E-state index in [1.54, 1.807) is 0 Å². The zero-order valence-corrected chi connectivity index (χ0v) is 66.6. The van der Waals surface area contributed by atoms with Gasteiger partial charge in [0.05, 0.1) is 25.4 Å². The van der Waals surface area contributed by atoms with E-state index in [0.29, 0.717) is 57.8 Å². The molecule has 0 aromatic rings. The summed E-state index contributed by atoms with van der Waals surface area (Å²) in [7, 11) is 0. The number of aliphatic hydroxyl groups excluding tert-OH is 3. The first-order valence-corrected chi connectivity index (χ1v) is 39.2. The number of nitrogens with zero attached hydrogens (tertiary/aromatic N) is 1. The van der Waals surface area contributed by atoms with Gasteiger partial charge in [0.1, 0.15) is 78.5 Å². The summed E-state index contributed by atoms with van der Waals surface area (Å²) in [6.07, 6.45) is -0.464. The third-order valence-electron chi connectivity index (χ3n) is 18.6. The number of hydrogen-bond acceptors (Lipinski definition) is 25. The number of hydrogen-bond donors (Lipinski definition) is 24. The molecule has 0 unspecified atom stereocenters. The number of carbonyl (C=O) groups is 16. The first kappa shape index (κ1) is 102. The van der Waals surface area contributed by atoms with Crippen molar-refractivity contribution in [2.24, 2.45) is 57.9 Å². The molecule has 0 aromatic carbocycles. The number of nitrogens with one attached hydrogen (secondary N) is 12. The quantitative estimate of drug-likeness (QED) is 0.0252. The lowest BCUT2D eigenvalue weighted by Crippen LogP contribution is -2.62. The normalized spacial score (nSPS) is 16.5. The lowest BCUT2D eigenvalue weighted by molar-refractivity contribution is -0.143. The molecule has 31 N–H and O–H groups in total. The monoisotopic (exact) mass is 1610 g/mol. The lowest BCUT2D eigenvalue weighted by Gasteiger charge is -2.31. The Balaban J connectivity index is 3.60. The van der Waals surface area contributed by atoms with Gasteiger partial charge in [-0.2, -0.15) is 0 Å².